The van der Waals surface area contributed by atoms with Crippen LogP contribution in [0, 0.1) is 0 Å². The molecule has 0 bridgehead atoms. The van der Waals surface area contributed by atoms with Crippen molar-refractivity contribution in [3.8, 4) is 0 Å². The van der Waals surface area contributed by atoms with Crippen molar-refractivity contribution < 1.29 is 4.74 Å². The van der Waals surface area contributed by atoms with Gasteiger partial charge in [-0.2, -0.15) is 0 Å². The first-order chi connectivity index (χ1) is 8.36. The first-order valence-electron chi connectivity index (χ1n) is 7.70. The second-order valence-electron chi connectivity index (χ2n) is 3.94. The molecule has 0 aromatic carbocycles. The summed E-state index contributed by atoms with van der Waals surface area (Å²) in [6.07, 6.45) is 5.62. The fourth-order valence-electron chi connectivity index (χ4n) is 1.91. The van der Waals surface area contributed by atoms with Crippen molar-refractivity contribution in [2.75, 3.05) is 26.2 Å². The molecule has 2 heteroatoms. The van der Waals surface area contributed by atoms with Gasteiger partial charge in [-0.3, -0.25) is 4.90 Å². The summed E-state index contributed by atoms with van der Waals surface area (Å²) in [6, 6.07) is 0. The van der Waals surface area contributed by atoms with Gasteiger partial charge in [-0.15, -0.1) is 0 Å². The Bertz CT molecular complexity index is 126. The maximum Gasteiger partial charge on any atom is 0.0702 e. The van der Waals surface area contributed by atoms with E-state index in [1.165, 1.54) is 32.2 Å². The number of hydrogen-bond acceptors (Lipinski definition) is 2. The molecule has 1 atom stereocenters. The largest absolute Gasteiger partial charge is 0.376 e. The van der Waals surface area contributed by atoms with Gasteiger partial charge >= 0.3 is 0 Å². The van der Waals surface area contributed by atoms with Crippen LogP contribution in [-0.4, -0.2) is 37.2 Å². The minimum atomic E-state index is 0.514. The molecular formula is C15H35NO. The zero-order chi connectivity index (χ0) is 13.5. The summed E-state index contributed by atoms with van der Waals surface area (Å²) in [6.45, 7) is 17.0. The highest BCUT2D eigenvalue weighted by Gasteiger charge is 2.18. The van der Waals surface area contributed by atoms with E-state index in [-0.39, 0.29) is 0 Å². The topological polar surface area (TPSA) is 12.5 Å². The Kier molecular flexibility index (Phi) is 18.0. The zero-order valence-corrected chi connectivity index (χ0v) is 13.1. The molecule has 106 valence electrons. The Morgan fingerprint density at radius 1 is 1.06 bits per heavy atom. The number of nitrogens with zero attached hydrogens (tertiary/aromatic N) is 1. The quantitative estimate of drug-likeness (QED) is 0.714. The molecule has 0 aliphatic carbocycles. The van der Waals surface area contributed by atoms with Crippen LogP contribution in [0.25, 0.3) is 0 Å². The van der Waals surface area contributed by atoms with Gasteiger partial charge in [-0.25, -0.2) is 0 Å². The molecule has 1 unspecified atom stereocenters. The highest BCUT2D eigenvalue weighted by atomic mass is 16.5. The second kappa shape index (κ2) is 15.9. The number of morpholine rings is 1. The monoisotopic (exact) mass is 245 g/mol. The van der Waals surface area contributed by atoms with Crippen LogP contribution < -0.4 is 0 Å². The lowest BCUT2D eigenvalue weighted by Gasteiger charge is -2.32. The average molecular weight is 245 g/mol. The summed E-state index contributed by atoms with van der Waals surface area (Å²) in [7, 11) is 0. The standard InChI is InChI=1S/C11H23NO.2C2H6/c1-3-5-6-11-10-12(7-4-2)8-9-13-11;2*1-2/h11H,3-10H2,1-2H3;2*1-2H3. The molecule has 17 heavy (non-hydrogen) atoms. The lowest BCUT2D eigenvalue weighted by atomic mass is 10.1. The number of hydrogen-bond donors (Lipinski definition) is 0. The molecule has 1 aliphatic heterocycles. The van der Waals surface area contributed by atoms with E-state index in [0.29, 0.717) is 6.10 Å². The maximum absolute atomic E-state index is 5.71. The van der Waals surface area contributed by atoms with Gasteiger partial charge in [-0.1, -0.05) is 54.4 Å². The van der Waals surface area contributed by atoms with E-state index in [4.69, 9.17) is 4.74 Å². The van der Waals surface area contributed by atoms with Crippen molar-refractivity contribution in [1.29, 1.82) is 0 Å². The van der Waals surface area contributed by atoms with Crippen LogP contribution in [0.2, 0.25) is 0 Å². The van der Waals surface area contributed by atoms with Gasteiger partial charge in [0.15, 0.2) is 0 Å². The third-order valence-corrected chi connectivity index (χ3v) is 2.64. The molecule has 0 spiro atoms. The minimum Gasteiger partial charge on any atom is -0.376 e. The van der Waals surface area contributed by atoms with Crippen LogP contribution in [0.1, 0.15) is 67.2 Å². The Morgan fingerprint density at radius 2 is 1.71 bits per heavy atom. The van der Waals surface area contributed by atoms with Crippen molar-refractivity contribution in [2.45, 2.75) is 73.3 Å². The van der Waals surface area contributed by atoms with E-state index < -0.39 is 0 Å². The van der Waals surface area contributed by atoms with Crippen LogP contribution >= 0.6 is 0 Å². The van der Waals surface area contributed by atoms with Crippen molar-refractivity contribution in [3.05, 3.63) is 0 Å². The summed E-state index contributed by atoms with van der Waals surface area (Å²) in [5.74, 6) is 0. The zero-order valence-electron chi connectivity index (χ0n) is 13.1. The number of ether oxygens (including phenoxy) is 1. The fraction of sp³-hybridized carbons (Fsp3) is 1.00. The summed E-state index contributed by atoms with van der Waals surface area (Å²) >= 11 is 0. The third kappa shape index (κ3) is 10.8. The molecule has 0 aromatic rings. The molecule has 0 saturated carbocycles. The van der Waals surface area contributed by atoms with Gasteiger partial charge in [-0.05, 0) is 19.4 Å². The molecule has 1 fully saturated rings. The summed E-state index contributed by atoms with van der Waals surface area (Å²) in [5, 5.41) is 0. The van der Waals surface area contributed by atoms with Crippen LogP contribution in [0.4, 0.5) is 0 Å². The van der Waals surface area contributed by atoms with Crippen molar-refractivity contribution in [1.82, 2.24) is 4.90 Å². The van der Waals surface area contributed by atoms with E-state index in [9.17, 15) is 0 Å². The van der Waals surface area contributed by atoms with Crippen LogP contribution in [0.3, 0.4) is 0 Å². The average Bonchev–Trinajstić information content (AvgIpc) is 2.42. The lowest BCUT2D eigenvalue weighted by Crippen LogP contribution is -2.42. The maximum atomic E-state index is 5.71. The van der Waals surface area contributed by atoms with Gasteiger partial charge in [0.05, 0.1) is 12.7 Å². The van der Waals surface area contributed by atoms with Crippen molar-refractivity contribution in [2.24, 2.45) is 0 Å². The molecule has 0 amide bonds. The molecule has 1 rings (SSSR count). The van der Waals surface area contributed by atoms with E-state index >= 15 is 0 Å². The number of unbranched alkanes of at least 4 members (excludes halogenated alkanes) is 1. The van der Waals surface area contributed by atoms with E-state index in [2.05, 4.69) is 18.7 Å². The van der Waals surface area contributed by atoms with Crippen LogP contribution in [-0.2, 0) is 4.74 Å². The summed E-state index contributed by atoms with van der Waals surface area (Å²) in [5.41, 5.74) is 0. The fourth-order valence-corrected chi connectivity index (χ4v) is 1.91. The van der Waals surface area contributed by atoms with Gasteiger partial charge in [0.25, 0.3) is 0 Å². The van der Waals surface area contributed by atoms with E-state index in [0.717, 1.165) is 19.7 Å². The smallest absolute Gasteiger partial charge is 0.0702 e. The normalized spacial score (nSPS) is 19.8. The predicted octanol–water partition coefficient (Wildman–Crippen LogP) is 4.34. The Morgan fingerprint density at radius 3 is 2.24 bits per heavy atom. The Labute approximate surface area is 110 Å². The third-order valence-electron chi connectivity index (χ3n) is 2.64. The molecular weight excluding hydrogens is 210 g/mol. The van der Waals surface area contributed by atoms with Gasteiger partial charge in [0.1, 0.15) is 0 Å². The van der Waals surface area contributed by atoms with Gasteiger partial charge < -0.3 is 4.74 Å². The molecule has 1 aliphatic rings. The van der Waals surface area contributed by atoms with E-state index in [1.807, 2.05) is 27.7 Å². The van der Waals surface area contributed by atoms with Crippen LogP contribution in [0.5, 0.6) is 0 Å². The lowest BCUT2D eigenvalue weighted by molar-refractivity contribution is -0.0326. The predicted molar refractivity (Wildman–Crippen MR) is 78.7 cm³/mol. The van der Waals surface area contributed by atoms with Gasteiger partial charge in [0, 0.05) is 13.1 Å². The molecule has 1 saturated heterocycles. The molecule has 0 aromatic heterocycles. The second-order valence-corrected chi connectivity index (χ2v) is 3.94. The Balaban J connectivity index is 0. The first kappa shape index (κ1) is 19.3. The highest BCUT2D eigenvalue weighted by molar-refractivity contribution is 4.70. The molecule has 0 N–H and O–H groups in total. The minimum absolute atomic E-state index is 0.514. The SMILES string of the molecule is CC.CC.CCCCC1CN(CCC)CCO1. The number of rotatable bonds is 5. The van der Waals surface area contributed by atoms with E-state index in [1.54, 1.807) is 0 Å². The summed E-state index contributed by atoms with van der Waals surface area (Å²) < 4.78 is 5.71. The molecule has 2 nitrogen and oxygen atoms in total. The summed E-state index contributed by atoms with van der Waals surface area (Å²) in [4.78, 5) is 2.53. The van der Waals surface area contributed by atoms with Crippen LogP contribution in [0.15, 0.2) is 0 Å². The van der Waals surface area contributed by atoms with Crippen molar-refractivity contribution in [3.63, 3.8) is 0 Å². The highest BCUT2D eigenvalue weighted by Crippen LogP contribution is 2.11. The Hall–Kier alpha value is -0.0800. The molecule has 0 radical (unpaired) electrons. The first-order valence-corrected chi connectivity index (χ1v) is 7.70. The molecule has 1 heterocycles. The van der Waals surface area contributed by atoms with Gasteiger partial charge in [0.2, 0.25) is 0 Å². The van der Waals surface area contributed by atoms with Crippen molar-refractivity contribution >= 4 is 0 Å².